The van der Waals surface area contributed by atoms with Crippen LogP contribution in [0.1, 0.15) is 0 Å². The highest BCUT2D eigenvalue weighted by Crippen LogP contribution is 2.20. The van der Waals surface area contributed by atoms with Gasteiger partial charge in [0.05, 0.1) is 6.61 Å². The van der Waals surface area contributed by atoms with Crippen molar-refractivity contribution in [3.63, 3.8) is 0 Å². The number of rotatable bonds is 8. The Labute approximate surface area is 136 Å². The number of ether oxygens (including phenoxy) is 3. The average Bonchev–Trinajstić information content (AvgIpc) is 2.56. The minimum atomic E-state index is -0.712. The van der Waals surface area contributed by atoms with Crippen LogP contribution in [-0.2, 0) is 9.47 Å². The lowest BCUT2D eigenvalue weighted by Crippen LogP contribution is -2.47. The number of carbonyl (C=O) groups excluding carboxylic acids is 1. The van der Waals surface area contributed by atoms with Crippen LogP contribution in [-0.4, -0.2) is 70.6 Å². The number of carbonyl (C=O) groups is 1. The van der Waals surface area contributed by atoms with Crippen LogP contribution >= 0.6 is 0 Å². The standard InChI is InChI=1S/C16H25N3O4/c1-21-12-13-22-15-4-2-14(3-5-15)19-8-6-18(7-9-19)10-11-23-16(17)20/h2-5H,6-13H2,1H3,(H2,17,20). The Hall–Kier alpha value is -1.99. The summed E-state index contributed by atoms with van der Waals surface area (Å²) < 4.78 is 15.3. The lowest BCUT2D eigenvalue weighted by molar-refractivity contribution is 0.133. The van der Waals surface area contributed by atoms with Gasteiger partial charge in [-0.05, 0) is 24.3 Å². The number of benzene rings is 1. The van der Waals surface area contributed by atoms with E-state index in [1.807, 2.05) is 12.1 Å². The number of anilines is 1. The summed E-state index contributed by atoms with van der Waals surface area (Å²) in [5.41, 5.74) is 6.14. The predicted molar refractivity (Wildman–Crippen MR) is 88.0 cm³/mol. The van der Waals surface area contributed by atoms with Gasteiger partial charge in [0.1, 0.15) is 19.0 Å². The van der Waals surface area contributed by atoms with E-state index in [-0.39, 0.29) is 0 Å². The highest BCUT2D eigenvalue weighted by Gasteiger charge is 2.17. The van der Waals surface area contributed by atoms with Crippen molar-refractivity contribution in [2.24, 2.45) is 5.73 Å². The summed E-state index contributed by atoms with van der Waals surface area (Å²) in [5.74, 6) is 0.855. The number of nitrogens with two attached hydrogens (primary N) is 1. The zero-order valence-corrected chi connectivity index (χ0v) is 13.6. The Bertz CT molecular complexity index is 473. The second-order valence-electron chi connectivity index (χ2n) is 5.33. The summed E-state index contributed by atoms with van der Waals surface area (Å²) >= 11 is 0. The fourth-order valence-electron chi connectivity index (χ4n) is 2.50. The molecule has 1 fully saturated rings. The van der Waals surface area contributed by atoms with Crippen molar-refractivity contribution in [1.29, 1.82) is 0 Å². The van der Waals surface area contributed by atoms with E-state index in [0.29, 0.717) is 19.8 Å². The van der Waals surface area contributed by atoms with Crippen molar-refractivity contribution < 1.29 is 19.0 Å². The van der Waals surface area contributed by atoms with E-state index in [1.165, 1.54) is 5.69 Å². The molecule has 1 aromatic carbocycles. The Morgan fingerprint density at radius 3 is 2.39 bits per heavy atom. The zero-order chi connectivity index (χ0) is 16.5. The lowest BCUT2D eigenvalue weighted by Gasteiger charge is -2.36. The van der Waals surface area contributed by atoms with Gasteiger partial charge in [-0.3, -0.25) is 4.90 Å². The lowest BCUT2D eigenvalue weighted by atomic mass is 10.2. The summed E-state index contributed by atoms with van der Waals surface area (Å²) in [7, 11) is 1.66. The zero-order valence-electron chi connectivity index (χ0n) is 13.6. The van der Waals surface area contributed by atoms with Gasteiger partial charge in [-0.25, -0.2) is 4.79 Å². The first-order valence-electron chi connectivity index (χ1n) is 7.80. The Morgan fingerprint density at radius 2 is 1.78 bits per heavy atom. The van der Waals surface area contributed by atoms with Gasteiger partial charge < -0.3 is 24.8 Å². The first-order valence-corrected chi connectivity index (χ1v) is 7.80. The number of primary amides is 1. The molecule has 2 N–H and O–H groups in total. The van der Waals surface area contributed by atoms with Gasteiger partial charge in [-0.2, -0.15) is 0 Å². The molecule has 7 heteroatoms. The minimum Gasteiger partial charge on any atom is -0.491 e. The molecular formula is C16H25N3O4. The van der Waals surface area contributed by atoms with Gasteiger partial charge in [0, 0.05) is 45.5 Å². The molecule has 0 aliphatic carbocycles. The second-order valence-corrected chi connectivity index (χ2v) is 5.33. The molecule has 1 aliphatic rings. The number of amides is 1. The van der Waals surface area contributed by atoms with E-state index in [1.54, 1.807) is 7.11 Å². The summed E-state index contributed by atoms with van der Waals surface area (Å²) in [6.07, 6.45) is -0.712. The number of hydrogen-bond acceptors (Lipinski definition) is 6. The van der Waals surface area contributed by atoms with E-state index in [4.69, 9.17) is 19.9 Å². The fraction of sp³-hybridized carbons (Fsp3) is 0.562. The highest BCUT2D eigenvalue weighted by atomic mass is 16.5. The maximum atomic E-state index is 10.5. The van der Waals surface area contributed by atoms with Gasteiger partial charge in [0.15, 0.2) is 0 Å². The number of hydrogen-bond donors (Lipinski definition) is 1. The van der Waals surface area contributed by atoms with E-state index in [0.717, 1.165) is 38.5 Å². The van der Waals surface area contributed by atoms with E-state index in [2.05, 4.69) is 21.9 Å². The summed E-state index contributed by atoms with van der Waals surface area (Å²) in [6, 6.07) is 8.12. The molecule has 2 rings (SSSR count). The third kappa shape index (κ3) is 5.96. The van der Waals surface area contributed by atoms with Gasteiger partial charge in [0.2, 0.25) is 0 Å². The third-order valence-corrected chi connectivity index (χ3v) is 3.78. The summed E-state index contributed by atoms with van der Waals surface area (Å²) in [5, 5.41) is 0. The Balaban J connectivity index is 1.73. The Kier molecular flexibility index (Phi) is 6.96. The van der Waals surface area contributed by atoms with Crippen molar-refractivity contribution >= 4 is 11.8 Å². The van der Waals surface area contributed by atoms with Gasteiger partial charge >= 0.3 is 6.09 Å². The topological polar surface area (TPSA) is 77.3 Å². The predicted octanol–water partition coefficient (Wildman–Crippen LogP) is 0.929. The van der Waals surface area contributed by atoms with Gasteiger partial charge in [0.25, 0.3) is 0 Å². The van der Waals surface area contributed by atoms with Crippen molar-refractivity contribution in [3.8, 4) is 5.75 Å². The highest BCUT2D eigenvalue weighted by molar-refractivity contribution is 5.64. The molecule has 0 spiro atoms. The molecule has 0 aromatic heterocycles. The maximum absolute atomic E-state index is 10.5. The first-order chi connectivity index (χ1) is 11.2. The van der Waals surface area contributed by atoms with Crippen LogP contribution < -0.4 is 15.4 Å². The third-order valence-electron chi connectivity index (χ3n) is 3.78. The molecule has 128 valence electrons. The van der Waals surface area contributed by atoms with Crippen LogP contribution in [0.15, 0.2) is 24.3 Å². The summed E-state index contributed by atoms with van der Waals surface area (Å²) in [6.45, 7) is 5.99. The summed E-state index contributed by atoms with van der Waals surface area (Å²) in [4.78, 5) is 15.1. The molecule has 0 saturated carbocycles. The largest absolute Gasteiger partial charge is 0.491 e. The molecule has 0 radical (unpaired) electrons. The molecule has 7 nitrogen and oxygen atoms in total. The molecule has 1 aromatic rings. The smallest absolute Gasteiger partial charge is 0.404 e. The molecule has 1 aliphatic heterocycles. The van der Waals surface area contributed by atoms with Gasteiger partial charge in [-0.15, -0.1) is 0 Å². The van der Waals surface area contributed by atoms with Crippen LogP contribution in [0, 0.1) is 0 Å². The Morgan fingerprint density at radius 1 is 1.09 bits per heavy atom. The quantitative estimate of drug-likeness (QED) is 0.717. The molecule has 0 atom stereocenters. The van der Waals surface area contributed by atoms with Crippen molar-refractivity contribution in [3.05, 3.63) is 24.3 Å². The SMILES string of the molecule is COCCOc1ccc(N2CCN(CCOC(N)=O)CC2)cc1. The number of nitrogens with zero attached hydrogens (tertiary/aromatic N) is 2. The fourth-order valence-corrected chi connectivity index (χ4v) is 2.50. The first kappa shape index (κ1) is 17.4. The molecule has 23 heavy (non-hydrogen) atoms. The normalized spacial score (nSPS) is 15.4. The van der Waals surface area contributed by atoms with Crippen LogP contribution in [0.4, 0.5) is 10.5 Å². The monoisotopic (exact) mass is 323 g/mol. The van der Waals surface area contributed by atoms with E-state index >= 15 is 0 Å². The molecule has 0 bridgehead atoms. The number of piperazine rings is 1. The van der Waals surface area contributed by atoms with E-state index in [9.17, 15) is 4.79 Å². The molecule has 1 heterocycles. The number of methoxy groups -OCH3 is 1. The minimum absolute atomic E-state index is 0.350. The molecule has 1 amide bonds. The van der Waals surface area contributed by atoms with E-state index < -0.39 is 6.09 Å². The van der Waals surface area contributed by atoms with Crippen LogP contribution in [0.5, 0.6) is 5.75 Å². The van der Waals surface area contributed by atoms with Crippen molar-refractivity contribution in [2.75, 3.05) is 64.6 Å². The second kappa shape index (κ2) is 9.22. The van der Waals surface area contributed by atoms with Crippen molar-refractivity contribution in [1.82, 2.24) is 4.90 Å². The molecule has 0 unspecified atom stereocenters. The molecule has 1 saturated heterocycles. The van der Waals surface area contributed by atoms with Gasteiger partial charge in [-0.1, -0.05) is 0 Å². The van der Waals surface area contributed by atoms with Crippen LogP contribution in [0.2, 0.25) is 0 Å². The van der Waals surface area contributed by atoms with Crippen LogP contribution in [0.25, 0.3) is 0 Å². The average molecular weight is 323 g/mol. The van der Waals surface area contributed by atoms with Crippen LogP contribution in [0.3, 0.4) is 0 Å². The maximum Gasteiger partial charge on any atom is 0.404 e. The molecular weight excluding hydrogens is 298 g/mol. The van der Waals surface area contributed by atoms with Crippen molar-refractivity contribution in [2.45, 2.75) is 0 Å².